The fourth-order valence-corrected chi connectivity index (χ4v) is 1.50. The van der Waals surface area contributed by atoms with Crippen LogP contribution in [0.5, 0.6) is 0 Å². The summed E-state index contributed by atoms with van der Waals surface area (Å²) in [7, 11) is 0. The molecule has 0 aromatic heterocycles. The maximum Gasteiger partial charge on any atom is 0.152 e. The Balaban J connectivity index is 2.38. The highest BCUT2D eigenvalue weighted by Gasteiger charge is 2.32. The van der Waals surface area contributed by atoms with Crippen LogP contribution in [0.25, 0.3) is 0 Å². The van der Waals surface area contributed by atoms with E-state index >= 15 is 0 Å². The first-order valence-electron chi connectivity index (χ1n) is 4.50. The quantitative estimate of drug-likeness (QED) is 0.481. The molecule has 0 radical (unpaired) electrons. The maximum atomic E-state index is 10.3. The van der Waals surface area contributed by atoms with Gasteiger partial charge in [-0.3, -0.25) is 0 Å². The summed E-state index contributed by atoms with van der Waals surface area (Å²) in [6, 6.07) is 0. The van der Waals surface area contributed by atoms with E-state index in [0.29, 0.717) is 0 Å². The van der Waals surface area contributed by atoms with Gasteiger partial charge in [0.25, 0.3) is 0 Å². The van der Waals surface area contributed by atoms with Gasteiger partial charge < -0.3 is 4.79 Å². The molecule has 12 heavy (non-hydrogen) atoms. The SMILES string of the molecule is CCCC1(C)CC[C@@H](C=O)OO1. The van der Waals surface area contributed by atoms with Crippen molar-refractivity contribution in [3.05, 3.63) is 0 Å². The Bertz CT molecular complexity index is 148. The van der Waals surface area contributed by atoms with Crippen molar-refractivity contribution in [1.82, 2.24) is 0 Å². The van der Waals surface area contributed by atoms with Gasteiger partial charge in [-0.2, -0.15) is 0 Å². The number of aldehydes is 1. The van der Waals surface area contributed by atoms with Gasteiger partial charge in [-0.05, 0) is 26.2 Å². The Kier molecular flexibility index (Phi) is 3.23. The predicted molar refractivity (Wildman–Crippen MR) is 44.6 cm³/mol. The van der Waals surface area contributed by atoms with Gasteiger partial charge in [0, 0.05) is 0 Å². The molecule has 0 N–H and O–H groups in total. The number of carbonyl (C=O) groups excluding carboxylic acids is 1. The first kappa shape index (κ1) is 9.68. The molecule has 1 rings (SSSR count). The van der Waals surface area contributed by atoms with Crippen LogP contribution in [0.15, 0.2) is 0 Å². The summed E-state index contributed by atoms with van der Waals surface area (Å²) >= 11 is 0. The third-order valence-corrected chi connectivity index (χ3v) is 2.26. The molecule has 0 aliphatic carbocycles. The molecule has 0 aromatic rings. The molecule has 0 spiro atoms. The molecule has 1 heterocycles. The zero-order chi connectivity index (χ0) is 9.03. The van der Waals surface area contributed by atoms with Gasteiger partial charge in [-0.1, -0.05) is 13.3 Å². The molecular formula is C9H16O3. The van der Waals surface area contributed by atoms with Crippen LogP contribution >= 0.6 is 0 Å². The number of rotatable bonds is 3. The Morgan fingerprint density at radius 2 is 2.42 bits per heavy atom. The molecule has 0 amide bonds. The standard InChI is InChI=1S/C9H16O3/c1-3-5-9(2)6-4-8(7-10)11-12-9/h7-8H,3-6H2,1-2H3/t8-,9?/m0/s1. The summed E-state index contributed by atoms with van der Waals surface area (Å²) < 4.78 is 0. The minimum absolute atomic E-state index is 0.172. The minimum atomic E-state index is -0.352. The maximum absolute atomic E-state index is 10.3. The van der Waals surface area contributed by atoms with Crippen molar-refractivity contribution in [1.29, 1.82) is 0 Å². The van der Waals surface area contributed by atoms with Crippen LogP contribution in [0, 0.1) is 0 Å². The summed E-state index contributed by atoms with van der Waals surface area (Å²) in [5.74, 6) is 0. The Labute approximate surface area is 73.0 Å². The Hall–Kier alpha value is -0.410. The van der Waals surface area contributed by atoms with Gasteiger partial charge in [0.2, 0.25) is 0 Å². The van der Waals surface area contributed by atoms with E-state index in [-0.39, 0.29) is 11.7 Å². The lowest BCUT2D eigenvalue weighted by Gasteiger charge is -2.34. The topological polar surface area (TPSA) is 35.5 Å². The van der Waals surface area contributed by atoms with Crippen LogP contribution in [0.1, 0.15) is 39.5 Å². The summed E-state index contributed by atoms with van der Waals surface area (Å²) in [4.78, 5) is 20.4. The number of hydrogen-bond acceptors (Lipinski definition) is 3. The smallest absolute Gasteiger partial charge is 0.152 e. The van der Waals surface area contributed by atoms with E-state index in [1.165, 1.54) is 0 Å². The fourth-order valence-electron chi connectivity index (χ4n) is 1.50. The number of hydrogen-bond donors (Lipinski definition) is 0. The average Bonchev–Trinajstić information content (AvgIpc) is 2.06. The van der Waals surface area contributed by atoms with E-state index in [1.54, 1.807) is 0 Å². The van der Waals surface area contributed by atoms with Crippen LogP contribution in [-0.4, -0.2) is 18.0 Å². The molecule has 0 aromatic carbocycles. The van der Waals surface area contributed by atoms with E-state index in [1.807, 2.05) is 6.92 Å². The van der Waals surface area contributed by atoms with Crippen molar-refractivity contribution >= 4 is 6.29 Å². The highest BCUT2D eigenvalue weighted by Crippen LogP contribution is 2.29. The molecule has 1 unspecified atom stereocenters. The summed E-state index contributed by atoms with van der Waals surface area (Å²) in [6.07, 6.45) is 4.19. The predicted octanol–water partition coefficient (Wildman–Crippen LogP) is 1.85. The van der Waals surface area contributed by atoms with Crippen molar-refractivity contribution in [3.8, 4) is 0 Å². The molecule has 1 aliphatic rings. The Morgan fingerprint density at radius 3 is 2.83 bits per heavy atom. The highest BCUT2D eigenvalue weighted by molar-refractivity contribution is 5.55. The van der Waals surface area contributed by atoms with Crippen LogP contribution < -0.4 is 0 Å². The van der Waals surface area contributed by atoms with Crippen LogP contribution in [0.4, 0.5) is 0 Å². The monoisotopic (exact) mass is 172 g/mol. The molecule has 0 bridgehead atoms. The summed E-state index contributed by atoms with van der Waals surface area (Å²) in [5.41, 5.74) is -0.172. The van der Waals surface area contributed by atoms with E-state index in [9.17, 15) is 4.79 Å². The van der Waals surface area contributed by atoms with Gasteiger partial charge in [0.15, 0.2) is 6.29 Å². The van der Waals surface area contributed by atoms with E-state index in [4.69, 9.17) is 9.78 Å². The summed E-state index contributed by atoms with van der Waals surface area (Å²) in [5, 5.41) is 0. The lowest BCUT2D eigenvalue weighted by Crippen LogP contribution is -2.37. The molecule has 3 heteroatoms. The normalized spacial score (nSPS) is 36.3. The van der Waals surface area contributed by atoms with Crippen LogP contribution in [0.3, 0.4) is 0 Å². The largest absolute Gasteiger partial charge is 0.300 e. The van der Waals surface area contributed by atoms with E-state index in [2.05, 4.69) is 6.92 Å². The van der Waals surface area contributed by atoms with Gasteiger partial charge in [0.05, 0.1) is 0 Å². The van der Waals surface area contributed by atoms with Crippen molar-refractivity contribution < 1.29 is 14.6 Å². The molecular weight excluding hydrogens is 156 g/mol. The molecule has 70 valence electrons. The van der Waals surface area contributed by atoms with Crippen molar-refractivity contribution in [2.45, 2.75) is 51.2 Å². The first-order chi connectivity index (χ1) is 5.70. The zero-order valence-corrected chi connectivity index (χ0v) is 7.71. The second-order valence-corrected chi connectivity index (χ2v) is 3.59. The van der Waals surface area contributed by atoms with Crippen molar-refractivity contribution in [3.63, 3.8) is 0 Å². The van der Waals surface area contributed by atoms with Gasteiger partial charge in [-0.25, -0.2) is 9.78 Å². The van der Waals surface area contributed by atoms with Gasteiger partial charge in [-0.15, -0.1) is 0 Å². The Morgan fingerprint density at radius 1 is 1.67 bits per heavy atom. The van der Waals surface area contributed by atoms with Gasteiger partial charge in [0.1, 0.15) is 11.7 Å². The fraction of sp³-hybridized carbons (Fsp3) is 0.889. The molecule has 1 fully saturated rings. The minimum Gasteiger partial charge on any atom is -0.300 e. The van der Waals surface area contributed by atoms with Crippen molar-refractivity contribution in [2.24, 2.45) is 0 Å². The zero-order valence-electron chi connectivity index (χ0n) is 7.71. The molecule has 2 atom stereocenters. The van der Waals surface area contributed by atoms with Crippen LogP contribution in [0.2, 0.25) is 0 Å². The van der Waals surface area contributed by atoms with Gasteiger partial charge >= 0.3 is 0 Å². The second kappa shape index (κ2) is 4.01. The lowest BCUT2D eigenvalue weighted by atomic mass is 9.93. The first-order valence-corrected chi connectivity index (χ1v) is 4.50. The summed E-state index contributed by atoms with van der Waals surface area (Å²) in [6.45, 7) is 4.14. The number of carbonyl (C=O) groups is 1. The molecule has 1 aliphatic heterocycles. The van der Waals surface area contributed by atoms with Crippen LogP contribution in [-0.2, 0) is 14.6 Å². The van der Waals surface area contributed by atoms with Crippen molar-refractivity contribution in [2.75, 3.05) is 0 Å². The average molecular weight is 172 g/mol. The highest BCUT2D eigenvalue weighted by atomic mass is 17.2. The third-order valence-electron chi connectivity index (χ3n) is 2.26. The molecule has 1 saturated heterocycles. The van der Waals surface area contributed by atoms with E-state index in [0.717, 1.165) is 32.0 Å². The lowest BCUT2D eigenvalue weighted by molar-refractivity contribution is -0.396. The second-order valence-electron chi connectivity index (χ2n) is 3.59. The van der Waals surface area contributed by atoms with E-state index < -0.39 is 0 Å². The molecule has 0 saturated carbocycles. The third kappa shape index (κ3) is 2.29. The molecule has 3 nitrogen and oxygen atoms in total.